The maximum Gasteiger partial charge on any atom is 0.291 e. The third-order valence-corrected chi connectivity index (χ3v) is 8.14. The SMILES string of the molecule is Cc1cc(N2CC[C@](C)(c3ccccc3)C2)cn2nc(C(=O)NC3CC4(CCNC4)C3)nc12. The number of anilines is 1. The summed E-state index contributed by atoms with van der Waals surface area (Å²) >= 11 is 0. The predicted octanol–water partition coefficient (Wildman–Crippen LogP) is 3.08. The molecule has 7 nitrogen and oxygen atoms in total. The highest BCUT2D eigenvalue weighted by Gasteiger charge is 2.46. The van der Waals surface area contributed by atoms with Crippen molar-refractivity contribution in [3.8, 4) is 0 Å². The minimum Gasteiger partial charge on any atom is -0.369 e. The van der Waals surface area contributed by atoms with Crippen LogP contribution in [0.5, 0.6) is 0 Å². The number of pyridine rings is 1. The van der Waals surface area contributed by atoms with Gasteiger partial charge >= 0.3 is 0 Å². The number of carbonyl (C=O) groups excluding carboxylic acids is 1. The largest absolute Gasteiger partial charge is 0.369 e. The topological polar surface area (TPSA) is 74.6 Å². The van der Waals surface area contributed by atoms with Gasteiger partial charge in [-0.1, -0.05) is 37.3 Å². The van der Waals surface area contributed by atoms with E-state index in [0.717, 1.165) is 62.3 Å². The Morgan fingerprint density at radius 3 is 2.79 bits per heavy atom. The number of rotatable bonds is 4. The maximum absolute atomic E-state index is 12.8. The summed E-state index contributed by atoms with van der Waals surface area (Å²) in [5.41, 5.74) is 4.83. The standard InChI is InChI=1S/C26H32N6O/c1-18-12-21(31-11-9-25(2,17-31)19-6-4-3-5-7-19)15-32-23(18)29-22(30-32)24(33)28-20-13-26(14-20)8-10-27-16-26/h3-7,12,15,20,27H,8-11,13-14,16-17H2,1-2H3,(H,28,33)/t20?,25-,26?/m0/s1. The normalized spacial score (nSPS) is 29.0. The Hall–Kier alpha value is -2.93. The number of amides is 1. The summed E-state index contributed by atoms with van der Waals surface area (Å²) in [6, 6.07) is 13.2. The molecular formula is C26H32N6O. The Bertz CT molecular complexity index is 1190. The van der Waals surface area contributed by atoms with E-state index in [1.165, 1.54) is 12.0 Å². The van der Waals surface area contributed by atoms with Crippen LogP contribution in [0.1, 0.15) is 54.4 Å². The van der Waals surface area contributed by atoms with Gasteiger partial charge in [-0.3, -0.25) is 4.79 Å². The zero-order valence-corrected chi connectivity index (χ0v) is 19.5. The Morgan fingerprint density at radius 1 is 1.21 bits per heavy atom. The van der Waals surface area contributed by atoms with Crippen LogP contribution in [0.15, 0.2) is 42.6 Å². The summed E-state index contributed by atoms with van der Waals surface area (Å²) in [4.78, 5) is 19.8. The van der Waals surface area contributed by atoms with Gasteiger partial charge in [-0.15, -0.1) is 5.10 Å². The molecule has 3 fully saturated rings. The number of aromatic nitrogens is 3. The lowest BCUT2D eigenvalue weighted by Crippen LogP contribution is -2.51. The molecule has 2 N–H and O–H groups in total. The van der Waals surface area contributed by atoms with E-state index in [9.17, 15) is 4.79 Å². The molecule has 1 atom stereocenters. The quantitative estimate of drug-likeness (QED) is 0.647. The number of hydrogen-bond donors (Lipinski definition) is 2. The molecule has 0 unspecified atom stereocenters. The van der Waals surface area contributed by atoms with E-state index in [2.05, 4.69) is 68.9 Å². The highest BCUT2D eigenvalue weighted by molar-refractivity contribution is 5.91. The molecule has 6 rings (SSSR count). The van der Waals surface area contributed by atoms with Crippen molar-refractivity contribution in [2.24, 2.45) is 5.41 Å². The van der Waals surface area contributed by atoms with Crippen molar-refractivity contribution in [1.29, 1.82) is 0 Å². The molecule has 1 saturated carbocycles. The second-order valence-electron chi connectivity index (χ2n) is 10.7. The smallest absolute Gasteiger partial charge is 0.291 e. The molecule has 7 heteroatoms. The van der Waals surface area contributed by atoms with E-state index in [1.807, 2.05) is 13.1 Å². The summed E-state index contributed by atoms with van der Waals surface area (Å²) in [6.45, 7) is 8.52. The van der Waals surface area contributed by atoms with Crippen molar-refractivity contribution in [3.05, 3.63) is 59.5 Å². The molecule has 1 aliphatic carbocycles. The predicted molar refractivity (Wildman–Crippen MR) is 129 cm³/mol. The van der Waals surface area contributed by atoms with Crippen molar-refractivity contribution >= 4 is 17.2 Å². The maximum atomic E-state index is 12.8. The van der Waals surface area contributed by atoms with Crippen LogP contribution in [0.25, 0.3) is 5.65 Å². The summed E-state index contributed by atoms with van der Waals surface area (Å²) in [5, 5.41) is 11.1. The molecule has 2 saturated heterocycles. The van der Waals surface area contributed by atoms with E-state index >= 15 is 0 Å². The van der Waals surface area contributed by atoms with Gasteiger partial charge in [0.2, 0.25) is 5.82 Å². The molecule has 33 heavy (non-hydrogen) atoms. The lowest BCUT2D eigenvalue weighted by molar-refractivity contribution is 0.0742. The second kappa shape index (κ2) is 7.55. The van der Waals surface area contributed by atoms with Gasteiger partial charge in [-0.25, -0.2) is 9.50 Å². The minimum absolute atomic E-state index is 0.131. The highest BCUT2D eigenvalue weighted by Crippen LogP contribution is 2.45. The molecule has 3 aromatic rings. The van der Waals surface area contributed by atoms with Crippen LogP contribution in [0.3, 0.4) is 0 Å². The third-order valence-electron chi connectivity index (χ3n) is 8.14. The van der Waals surface area contributed by atoms with Crippen LogP contribution in [0, 0.1) is 12.3 Å². The average Bonchev–Trinajstić information content (AvgIpc) is 3.53. The molecule has 3 aliphatic rings. The van der Waals surface area contributed by atoms with Gasteiger partial charge in [0.15, 0.2) is 5.65 Å². The minimum atomic E-state index is -0.164. The van der Waals surface area contributed by atoms with Gasteiger partial charge < -0.3 is 15.5 Å². The van der Waals surface area contributed by atoms with Gasteiger partial charge in [-0.2, -0.15) is 0 Å². The Kier molecular flexibility index (Phi) is 4.73. The first-order valence-corrected chi connectivity index (χ1v) is 12.1. The number of carbonyl (C=O) groups is 1. The van der Waals surface area contributed by atoms with Crippen molar-refractivity contribution in [2.75, 3.05) is 31.1 Å². The Balaban J connectivity index is 1.18. The highest BCUT2D eigenvalue weighted by atomic mass is 16.2. The van der Waals surface area contributed by atoms with Crippen LogP contribution >= 0.6 is 0 Å². The Labute approximate surface area is 194 Å². The van der Waals surface area contributed by atoms with E-state index in [4.69, 9.17) is 0 Å². The van der Waals surface area contributed by atoms with E-state index in [1.54, 1.807) is 4.52 Å². The second-order valence-corrected chi connectivity index (χ2v) is 10.7. The molecule has 4 heterocycles. The molecule has 1 amide bonds. The van der Waals surface area contributed by atoms with Gasteiger partial charge in [0.05, 0.1) is 11.9 Å². The zero-order chi connectivity index (χ0) is 22.6. The molecule has 1 aromatic carbocycles. The number of aryl methyl sites for hydroxylation is 1. The van der Waals surface area contributed by atoms with E-state index < -0.39 is 0 Å². The van der Waals surface area contributed by atoms with Gasteiger partial charge in [0.25, 0.3) is 5.91 Å². The van der Waals surface area contributed by atoms with Crippen molar-refractivity contribution in [1.82, 2.24) is 25.2 Å². The lowest BCUT2D eigenvalue weighted by Gasteiger charge is -2.44. The summed E-state index contributed by atoms with van der Waals surface area (Å²) < 4.78 is 1.78. The fraction of sp³-hybridized carbons (Fsp3) is 0.500. The summed E-state index contributed by atoms with van der Waals surface area (Å²) in [5.74, 6) is 0.0968. The first-order valence-electron chi connectivity index (χ1n) is 12.1. The van der Waals surface area contributed by atoms with Gasteiger partial charge in [-0.05, 0) is 61.8 Å². The molecule has 1 spiro atoms. The monoisotopic (exact) mass is 444 g/mol. The average molecular weight is 445 g/mol. The first kappa shape index (κ1) is 20.7. The zero-order valence-electron chi connectivity index (χ0n) is 19.5. The third kappa shape index (κ3) is 3.59. The number of benzene rings is 1. The molecule has 0 bridgehead atoms. The van der Waals surface area contributed by atoms with E-state index in [-0.39, 0.29) is 23.2 Å². The van der Waals surface area contributed by atoms with Crippen molar-refractivity contribution in [2.45, 2.75) is 51.0 Å². The first-order chi connectivity index (χ1) is 15.9. The molecule has 2 aromatic heterocycles. The van der Waals surface area contributed by atoms with Crippen LogP contribution in [0.2, 0.25) is 0 Å². The molecular weight excluding hydrogens is 412 g/mol. The van der Waals surface area contributed by atoms with Crippen molar-refractivity contribution < 1.29 is 4.79 Å². The molecule has 2 aliphatic heterocycles. The van der Waals surface area contributed by atoms with Crippen LogP contribution in [0.4, 0.5) is 5.69 Å². The Morgan fingerprint density at radius 2 is 2.03 bits per heavy atom. The van der Waals surface area contributed by atoms with E-state index in [0.29, 0.717) is 5.41 Å². The van der Waals surface area contributed by atoms with Gasteiger partial charge in [0, 0.05) is 31.1 Å². The van der Waals surface area contributed by atoms with Gasteiger partial charge in [0.1, 0.15) is 0 Å². The number of nitrogens with one attached hydrogen (secondary N) is 2. The number of nitrogens with zero attached hydrogens (tertiary/aromatic N) is 4. The summed E-state index contributed by atoms with van der Waals surface area (Å²) in [7, 11) is 0. The number of hydrogen-bond acceptors (Lipinski definition) is 5. The van der Waals surface area contributed by atoms with Crippen LogP contribution < -0.4 is 15.5 Å². The summed E-state index contributed by atoms with van der Waals surface area (Å²) in [6.07, 6.45) is 6.45. The van der Waals surface area contributed by atoms with Crippen molar-refractivity contribution in [3.63, 3.8) is 0 Å². The fourth-order valence-corrected chi connectivity index (χ4v) is 6.14. The van der Waals surface area contributed by atoms with Crippen LogP contribution in [-0.4, -0.2) is 52.7 Å². The molecule has 172 valence electrons. The fourth-order valence-electron chi connectivity index (χ4n) is 6.14. The lowest BCUT2D eigenvalue weighted by atomic mass is 9.65. The number of fused-ring (bicyclic) bond motifs is 1. The van der Waals surface area contributed by atoms with Crippen LogP contribution in [-0.2, 0) is 5.41 Å². The molecule has 0 radical (unpaired) electrons.